The van der Waals surface area contributed by atoms with Crippen molar-refractivity contribution in [2.45, 2.75) is 39.2 Å². The zero-order chi connectivity index (χ0) is 12.3. The minimum atomic E-state index is 0.547. The number of nitrogens with one attached hydrogen (secondary N) is 2. The number of aromatic nitrogens is 2. The van der Waals surface area contributed by atoms with E-state index < -0.39 is 0 Å². The third-order valence-corrected chi connectivity index (χ3v) is 3.69. The summed E-state index contributed by atoms with van der Waals surface area (Å²) in [7, 11) is 0. The SMILES string of the molecule is CCNc1ncc(Br)c(NC2CCC(C)C2)n1. The smallest absolute Gasteiger partial charge is 0.224 e. The van der Waals surface area contributed by atoms with E-state index in [0.717, 1.165) is 22.8 Å². The largest absolute Gasteiger partial charge is 0.366 e. The average molecular weight is 299 g/mol. The fourth-order valence-corrected chi connectivity index (χ4v) is 2.55. The third kappa shape index (κ3) is 3.31. The lowest BCUT2D eigenvalue weighted by Crippen LogP contribution is -2.17. The molecule has 1 aromatic heterocycles. The van der Waals surface area contributed by atoms with E-state index in [-0.39, 0.29) is 0 Å². The Balaban J connectivity index is 2.06. The summed E-state index contributed by atoms with van der Waals surface area (Å²) in [6.07, 6.45) is 5.56. The highest BCUT2D eigenvalue weighted by Crippen LogP contribution is 2.29. The van der Waals surface area contributed by atoms with Gasteiger partial charge in [0.05, 0.1) is 4.47 Å². The van der Waals surface area contributed by atoms with Gasteiger partial charge in [-0.1, -0.05) is 6.92 Å². The quantitative estimate of drug-likeness (QED) is 0.896. The lowest BCUT2D eigenvalue weighted by Gasteiger charge is -2.15. The zero-order valence-electron chi connectivity index (χ0n) is 10.3. The first-order valence-corrected chi connectivity index (χ1v) is 7.01. The van der Waals surface area contributed by atoms with Gasteiger partial charge in [-0.05, 0) is 48.0 Å². The second kappa shape index (κ2) is 5.67. The van der Waals surface area contributed by atoms with Gasteiger partial charge >= 0.3 is 0 Å². The van der Waals surface area contributed by atoms with Crippen LogP contribution in [0.1, 0.15) is 33.1 Å². The summed E-state index contributed by atoms with van der Waals surface area (Å²) in [5.41, 5.74) is 0. The van der Waals surface area contributed by atoms with Crippen LogP contribution < -0.4 is 10.6 Å². The monoisotopic (exact) mass is 298 g/mol. The highest BCUT2D eigenvalue weighted by atomic mass is 79.9. The van der Waals surface area contributed by atoms with Crippen molar-refractivity contribution in [1.29, 1.82) is 0 Å². The minimum absolute atomic E-state index is 0.547. The van der Waals surface area contributed by atoms with E-state index >= 15 is 0 Å². The summed E-state index contributed by atoms with van der Waals surface area (Å²) in [4.78, 5) is 8.68. The van der Waals surface area contributed by atoms with Gasteiger partial charge in [0.1, 0.15) is 5.82 Å². The topological polar surface area (TPSA) is 49.8 Å². The van der Waals surface area contributed by atoms with E-state index in [1.54, 1.807) is 6.20 Å². The molecule has 0 spiro atoms. The summed E-state index contributed by atoms with van der Waals surface area (Å²) in [6.45, 7) is 5.18. The van der Waals surface area contributed by atoms with Crippen LogP contribution in [0.3, 0.4) is 0 Å². The van der Waals surface area contributed by atoms with Crippen LogP contribution in [0.4, 0.5) is 11.8 Å². The Hall–Kier alpha value is -0.840. The van der Waals surface area contributed by atoms with Gasteiger partial charge in [0, 0.05) is 18.8 Å². The molecule has 1 heterocycles. The molecule has 0 amide bonds. The molecule has 1 aliphatic rings. The van der Waals surface area contributed by atoms with Gasteiger partial charge in [0.2, 0.25) is 5.95 Å². The molecule has 2 rings (SSSR count). The molecule has 0 saturated heterocycles. The lowest BCUT2D eigenvalue weighted by molar-refractivity contribution is 0.602. The van der Waals surface area contributed by atoms with Gasteiger partial charge in [-0.15, -0.1) is 0 Å². The van der Waals surface area contributed by atoms with Crippen molar-refractivity contribution in [3.8, 4) is 0 Å². The van der Waals surface area contributed by atoms with Crippen molar-refractivity contribution < 1.29 is 0 Å². The molecule has 2 unspecified atom stereocenters. The van der Waals surface area contributed by atoms with Gasteiger partial charge in [0.15, 0.2) is 0 Å². The number of anilines is 2. The standard InChI is InChI=1S/C12H19BrN4/c1-3-14-12-15-7-10(13)11(17-12)16-9-5-4-8(2)6-9/h7-9H,3-6H2,1-2H3,(H2,14,15,16,17). The van der Waals surface area contributed by atoms with E-state index in [2.05, 4.69) is 43.5 Å². The predicted molar refractivity (Wildman–Crippen MR) is 74.3 cm³/mol. The molecule has 0 radical (unpaired) electrons. The molecule has 94 valence electrons. The zero-order valence-corrected chi connectivity index (χ0v) is 11.9. The van der Waals surface area contributed by atoms with Crippen LogP contribution in [0.15, 0.2) is 10.7 Å². The summed E-state index contributed by atoms with van der Waals surface area (Å²) in [6, 6.07) is 0.547. The van der Waals surface area contributed by atoms with Gasteiger partial charge in [0.25, 0.3) is 0 Å². The number of nitrogens with zero attached hydrogens (tertiary/aromatic N) is 2. The predicted octanol–water partition coefficient (Wildman–Crippen LogP) is 3.27. The second-order valence-corrected chi connectivity index (χ2v) is 5.53. The highest BCUT2D eigenvalue weighted by molar-refractivity contribution is 9.10. The van der Waals surface area contributed by atoms with E-state index in [0.29, 0.717) is 12.0 Å². The molecule has 0 aromatic carbocycles. The highest BCUT2D eigenvalue weighted by Gasteiger charge is 2.22. The summed E-state index contributed by atoms with van der Waals surface area (Å²) >= 11 is 3.49. The Morgan fingerprint density at radius 1 is 1.47 bits per heavy atom. The molecule has 1 saturated carbocycles. The normalized spacial score (nSPS) is 23.7. The van der Waals surface area contributed by atoms with Crippen molar-refractivity contribution in [1.82, 2.24) is 9.97 Å². The van der Waals surface area contributed by atoms with Crippen LogP contribution in [0.5, 0.6) is 0 Å². The molecule has 17 heavy (non-hydrogen) atoms. The molecular weight excluding hydrogens is 280 g/mol. The van der Waals surface area contributed by atoms with Gasteiger partial charge in [-0.3, -0.25) is 0 Å². The Morgan fingerprint density at radius 3 is 2.94 bits per heavy atom. The van der Waals surface area contributed by atoms with Crippen LogP contribution >= 0.6 is 15.9 Å². The fourth-order valence-electron chi connectivity index (χ4n) is 2.24. The Kier molecular flexibility index (Phi) is 4.20. The lowest BCUT2D eigenvalue weighted by atomic mass is 10.1. The number of hydrogen-bond acceptors (Lipinski definition) is 4. The van der Waals surface area contributed by atoms with Crippen LogP contribution in [0.2, 0.25) is 0 Å². The molecule has 2 atom stereocenters. The maximum atomic E-state index is 4.47. The summed E-state index contributed by atoms with van der Waals surface area (Å²) < 4.78 is 0.929. The van der Waals surface area contributed by atoms with Gasteiger partial charge in [-0.25, -0.2) is 4.98 Å². The molecule has 1 aliphatic carbocycles. The van der Waals surface area contributed by atoms with E-state index in [1.165, 1.54) is 19.3 Å². The van der Waals surface area contributed by atoms with E-state index in [9.17, 15) is 0 Å². The Morgan fingerprint density at radius 2 is 2.29 bits per heavy atom. The second-order valence-electron chi connectivity index (χ2n) is 4.68. The van der Waals surface area contributed by atoms with Crippen LogP contribution in [-0.4, -0.2) is 22.6 Å². The molecule has 2 N–H and O–H groups in total. The summed E-state index contributed by atoms with van der Waals surface area (Å²) in [5.74, 6) is 2.40. The number of hydrogen-bond donors (Lipinski definition) is 2. The first-order chi connectivity index (χ1) is 8.19. The fraction of sp³-hybridized carbons (Fsp3) is 0.667. The molecule has 0 bridgehead atoms. The molecular formula is C12H19BrN4. The van der Waals surface area contributed by atoms with E-state index in [4.69, 9.17) is 0 Å². The van der Waals surface area contributed by atoms with Crippen molar-refractivity contribution in [2.24, 2.45) is 5.92 Å². The number of rotatable bonds is 4. The first kappa shape index (κ1) is 12.6. The third-order valence-electron chi connectivity index (χ3n) is 3.11. The molecule has 0 aliphatic heterocycles. The van der Waals surface area contributed by atoms with Crippen molar-refractivity contribution >= 4 is 27.7 Å². The van der Waals surface area contributed by atoms with Crippen LogP contribution in [0, 0.1) is 5.92 Å². The van der Waals surface area contributed by atoms with Gasteiger partial charge in [-0.2, -0.15) is 4.98 Å². The van der Waals surface area contributed by atoms with Crippen molar-refractivity contribution in [3.05, 3.63) is 10.7 Å². The maximum Gasteiger partial charge on any atom is 0.224 e. The molecule has 1 fully saturated rings. The Bertz CT molecular complexity index is 383. The molecule has 5 heteroatoms. The minimum Gasteiger partial charge on any atom is -0.366 e. The maximum absolute atomic E-state index is 4.47. The Labute approximate surface area is 111 Å². The van der Waals surface area contributed by atoms with Crippen molar-refractivity contribution in [2.75, 3.05) is 17.2 Å². The van der Waals surface area contributed by atoms with Gasteiger partial charge < -0.3 is 10.6 Å². The van der Waals surface area contributed by atoms with Crippen LogP contribution in [-0.2, 0) is 0 Å². The average Bonchev–Trinajstić information content (AvgIpc) is 2.69. The first-order valence-electron chi connectivity index (χ1n) is 6.22. The van der Waals surface area contributed by atoms with Crippen molar-refractivity contribution in [3.63, 3.8) is 0 Å². The molecule has 1 aromatic rings. The number of halogens is 1. The summed E-state index contributed by atoms with van der Waals surface area (Å²) in [5, 5.41) is 6.63. The van der Waals surface area contributed by atoms with Crippen LogP contribution in [0.25, 0.3) is 0 Å². The van der Waals surface area contributed by atoms with E-state index in [1.807, 2.05) is 6.92 Å². The molecule has 4 nitrogen and oxygen atoms in total.